The lowest BCUT2D eigenvalue weighted by atomic mass is 10.0. The minimum absolute atomic E-state index is 0.566. The van der Waals surface area contributed by atoms with Gasteiger partial charge in [-0.3, -0.25) is 19.1 Å². The fraction of sp³-hybridized carbons (Fsp3) is 0.0833. The van der Waals surface area contributed by atoms with Crippen molar-refractivity contribution in [3.63, 3.8) is 0 Å². The standard InChI is InChI=1S/C24H18N6O/c1-31-19-6-7-24-27-11-18(29(24)15-19)14-30-23-8-17(10-26-22(23)13-28-30)21-12-25-9-16-4-2-3-5-20(16)21/h2-13,15H,14H2,1H3. The van der Waals surface area contributed by atoms with E-state index in [1.54, 1.807) is 13.3 Å². The van der Waals surface area contributed by atoms with Gasteiger partial charge in [0.1, 0.15) is 16.9 Å². The molecular weight excluding hydrogens is 388 g/mol. The van der Waals surface area contributed by atoms with Gasteiger partial charge in [-0.2, -0.15) is 5.10 Å². The van der Waals surface area contributed by atoms with Gasteiger partial charge in [-0.25, -0.2) is 4.98 Å². The minimum atomic E-state index is 0.566. The summed E-state index contributed by atoms with van der Waals surface area (Å²) in [6.45, 7) is 0.566. The van der Waals surface area contributed by atoms with E-state index in [1.807, 2.05) is 64.3 Å². The van der Waals surface area contributed by atoms with E-state index in [9.17, 15) is 0 Å². The number of methoxy groups -OCH3 is 1. The van der Waals surface area contributed by atoms with E-state index in [4.69, 9.17) is 4.74 Å². The van der Waals surface area contributed by atoms with Crippen LogP contribution in [-0.2, 0) is 6.54 Å². The molecule has 0 aliphatic carbocycles. The summed E-state index contributed by atoms with van der Waals surface area (Å²) in [5, 5.41) is 6.84. The molecule has 0 N–H and O–H groups in total. The van der Waals surface area contributed by atoms with Crippen molar-refractivity contribution in [2.45, 2.75) is 6.54 Å². The molecule has 0 amide bonds. The zero-order chi connectivity index (χ0) is 20.8. The monoisotopic (exact) mass is 406 g/mol. The Hall–Kier alpha value is -4.26. The van der Waals surface area contributed by atoms with E-state index in [1.165, 1.54) is 0 Å². The smallest absolute Gasteiger partial charge is 0.137 e. The molecule has 0 fully saturated rings. The third-order valence-corrected chi connectivity index (χ3v) is 5.58. The molecule has 7 heteroatoms. The highest BCUT2D eigenvalue weighted by Gasteiger charge is 2.12. The highest BCUT2D eigenvalue weighted by atomic mass is 16.5. The second kappa shape index (κ2) is 6.91. The van der Waals surface area contributed by atoms with Crippen molar-refractivity contribution >= 4 is 27.5 Å². The second-order valence-corrected chi connectivity index (χ2v) is 7.39. The topological polar surface area (TPSA) is 70.1 Å². The zero-order valence-corrected chi connectivity index (χ0v) is 16.8. The Morgan fingerprint density at radius 1 is 0.935 bits per heavy atom. The normalized spacial score (nSPS) is 11.5. The Balaban J connectivity index is 1.46. The third-order valence-electron chi connectivity index (χ3n) is 5.58. The van der Waals surface area contributed by atoms with Crippen molar-refractivity contribution in [2.75, 3.05) is 7.11 Å². The zero-order valence-electron chi connectivity index (χ0n) is 16.8. The van der Waals surface area contributed by atoms with Crippen molar-refractivity contribution in [3.8, 4) is 16.9 Å². The van der Waals surface area contributed by atoms with Crippen molar-refractivity contribution in [1.82, 2.24) is 29.1 Å². The Kier molecular flexibility index (Phi) is 3.92. The van der Waals surface area contributed by atoms with Crippen LogP contribution >= 0.6 is 0 Å². The van der Waals surface area contributed by atoms with E-state index in [0.717, 1.165) is 50.0 Å². The summed E-state index contributed by atoms with van der Waals surface area (Å²) in [5.74, 6) is 0.782. The van der Waals surface area contributed by atoms with Crippen LogP contribution in [0.1, 0.15) is 5.69 Å². The molecule has 6 aromatic rings. The second-order valence-electron chi connectivity index (χ2n) is 7.39. The van der Waals surface area contributed by atoms with Crippen molar-refractivity contribution < 1.29 is 4.74 Å². The van der Waals surface area contributed by atoms with Crippen molar-refractivity contribution in [2.24, 2.45) is 0 Å². The number of pyridine rings is 3. The number of benzene rings is 1. The van der Waals surface area contributed by atoms with Crippen LogP contribution in [0.3, 0.4) is 0 Å². The lowest BCUT2D eigenvalue weighted by molar-refractivity contribution is 0.412. The van der Waals surface area contributed by atoms with Crippen LogP contribution in [0.2, 0.25) is 0 Å². The largest absolute Gasteiger partial charge is 0.495 e. The van der Waals surface area contributed by atoms with Gasteiger partial charge in [0.15, 0.2) is 0 Å². The number of hydrogen-bond donors (Lipinski definition) is 0. The van der Waals surface area contributed by atoms with Gasteiger partial charge in [0.2, 0.25) is 0 Å². The first-order valence-electron chi connectivity index (χ1n) is 9.95. The van der Waals surface area contributed by atoms with Gasteiger partial charge < -0.3 is 4.74 Å². The molecule has 0 bridgehead atoms. The fourth-order valence-electron chi connectivity index (χ4n) is 3.98. The lowest BCUT2D eigenvalue weighted by Gasteiger charge is -2.08. The van der Waals surface area contributed by atoms with E-state index < -0.39 is 0 Å². The average molecular weight is 406 g/mol. The first-order valence-corrected chi connectivity index (χ1v) is 9.95. The minimum Gasteiger partial charge on any atom is -0.495 e. The van der Waals surface area contributed by atoms with Crippen molar-refractivity contribution in [3.05, 3.63) is 85.3 Å². The number of hydrogen-bond acceptors (Lipinski definition) is 5. The summed E-state index contributed by atoms with van der Waals surface area (Å²) >= 11 is 0. The molecule has 1 aromatic carbocycles. The molecule has 0 aliphatic rings. The number of nitrogens with zero attached hydrogens (tertiary/aromatic N) is 6. The van der Waals surface area contributed by atoms with Gasteiger partial charge in [0, 0.05) is 35.1 Å². The van der Waals surface area contributed by atoms with Gasteiger partial charge in [0.05, 0.1) is 43.5 Å². The molecular formula is C24H18N6O. The molecule has 5 heterocycles. The van der Waals surface area contributed by atoms with E-state index in [2.05, 4.69) is 38.2 Å². The van der Waals surface area contributed by atoms with Crippen LogP contribution in [0.15, 0.2) is 79.6 Å². The summed E-state index contributed by atoms with van der Waals surface area (Å²) < 4.78 is 9.34. The van der Waals surface area contributed by atoms with Gasteiger partial charge in [-0.05, 0) is 23.6 Å². The molecule has 0 spiro atoms. The number of rotatable bonds is 4. The predicted octanol–water partition coefficient (Wildman–Crippen LogP) is 4.35. The lowest BCUT2D eigenvalue weighted by Crippen LogP contribution is -2.04. The molecule has 0 saturated carbocycles. The quantitative estimate of drug-likeness (QED) is 0.435. The summed E-state index contributed by atoms with van der Waals surface area (Å²) in [6, 6.07) is 14.2. The van der Waals surface area contributed by atoms with Crippen LogP contribution < -0.4 is 4.74 Å². The average Bonchev–Trinajstić information content (AvgIpc) is 3.42. The molecule has 7 nitrogen and oxygen atoms in total. The van der Waals surface area contributed by atoms with E-state index in [-0.39, 0.29) is 0 Å². The SMILES string of the molecule is COc1ccc2ncc(Cn3ncc4ncc(-c5cncc6ccccc56)cc43)n2c1. The maximum Gasteiger partial charge on any atom is 0.137 e. The third kappa shape index (κ3) is 2.90. The number of ether oxygens (including phenoxy) is 1. The number of fused-ring (bicyclic) bond motifs is 3. The summed E-state index contributed by atoms with van der Waals surface area (Å²) in [7, 11) is 1.66. The van der Waals surface area contributed by atoms with Gasteiger partial charge >= 0.3 is 0 Å². The number of imidazole rings is 1. The molecule has 6 rings (SSSR count). The maximum atomic E-state index is 5.37. The Morgan fingerprint density at radius 3 is 2.81 bits per heavy atom. The molecule has 0 aliphatic heterocycles. The highest BCUT2D eigenvalue weighted by molar-refractivity contribution is 5.96. The van der Waals surface area contributed by atoms with E-state index >= 15 is 0 Å². The molecule has 31 heavy (non-hydrogen) atoms. The van der Waals surface area contributed by atoms with Crippen LogP contribution in [0.25, 0.3) is 38.6 Å². The molecule has 0 saturated heterocycles. The fourth-order valence-corrected chi connectivity index (χ4v) is 3.98. The van der Waals surface area contributed by atoms with Crippen LogP contribution in [-0.4, -0.2) is 36.2 Å². The van der Waals surface area contributed by atoms with Crippen molar-refractivity contribution in [1.29, 1.82) is 0 Å². The van der Waals surface area contributed by atoms with Crippen LogP contribution in [0.4, 0.5) is 0 Å². The molecule has 150 valence electrons. The molecule has 5 aromatic heterocycles. The molecule has 0 unspecified atom stereocenters. The first-order chi connectivity index (χ1) is 15.3. The van der Waals surface area contributed by atoms with Gasteiger partial charge in [-0.15, -0.1) is 0 Å². The highest BCUT2D eigenvalue weighted by Crippen LogP contribution is 2.29. The summed E-state index contributed by atoms with van der Waals surface area (Å²) in [5.41, 5.74) is 5.76. The summed E-state index contributed by atoms with van der Waals surface area (Å²) in [4.78, 5) is 13.6. The van der Waals surface area contributed by atoms with Crippen LogP contribution in [0, 0.1) is 0 Å². The van der Waals surface area contributed by atoms with Crippen LogP contribution in [0.5, 0.6) is 5.75 Å². The van der Waals surface area contributed by atoms with Gasteiger partial charge in [-0.1, -0.05) is 24.3 Å². The molecule has 0 radical (unpaired) electrons. The first kappa shape index (κ1) is 17.6. The Morgan fingerprint density at radius 2 is 1.87 bits per heavy atom. The summed E-state index contributed by atoms with van der Waals surface area (Å²) in [6.07, 6.45) is 11.3. The Bertz CT molecular complexity index is 1560. The maximum absolute atomic E-state index is 5.37. The Labute approximate surface area is 177 Å². The van der Waals surface area contributed by atoms with E-state index in [0.29, 0.717) is 6.54 Å². The predicted molar refractivity (Wildman–Crippen MR) is 119 cm³/mol. The molecule has 0 atom stereocenters. The van der Waals surface area contributed by atoms with Gasteiger partial charge in [0.25, 0.3) is 0 Å². The number of aromatic nitrogens is 6.